The summed E-state index contributed by atoms with van der Waals surface area (Å²) >= 11 is 0. The fourth-order valence-corrected chi connectivity index (χ4v) is 4.05. The zero-order valence-electron chi connectivity index (χ0n) is 13.0. The van der Waals surface area contributed by atoms with E-state index in [0.717, 1.165) is 25.0 Å². The molecule has 2 nitrogen and oxygen atoms in total. The fraction of sp³-hybridized carbons (Fsp3) is 1.00. The number of rotatable bonds is 6. The molecule has 1 aliphatic heterocycles. The Bertz CT molecular complexity index is 250. The Morgan fingerprint density at radius 3 is 2.47 bits per heavy atom. The second-order valence-electron chi connectivity index (χ2n) is 7.31. The number of ether oxygens (including phenoxy) is 1. The first kappa shape index (κ1) is 15.3. The molecule has 2 rings (SSSR count). The largest absolute Gasteiger partial charge is 0.378 e. The van der Waals surface area contributed by atoms with Crippen molar-refractivity contribution in [2.45, 2.75) is 77.7 Å². The van der Waals surface area contributed by atoms with Gasteiger partial charge < -0.3 is 10.5 Å². The summed E-state index contributed by atoms with van der Waals surface area (Å²) in [6.07, 6.45) is 12.5. The molecule has 1 unspecified atom stereocenters. The summed E-state index contributed by atoms with van der Waals surface area (Å²) in [5.74, 6) is 1.79. The molecular weight excluding hydrogens is 234 g/mol. The SMILES string of the molecule is CC(C)C1CCC(CN)(CCCC2CCCO2)CC1. The van der Waals surface area contributed by atoms with E-state index in [1.165, 1.54) is 57.8 Å². The van der Waals surface area contributed by atoms with Gasteiger partial charge in [0.2, 0.25) is 0 Å². The number of hydrogen-bond acceptors (Lipinski definition) is 2. The summed E-state index contributed by atoms with van der Waals surface area (Å²) in [7, 11) is 0. The first-order valence-corrected chi connectivity index (χ1v) is 8.47. The average Bonchev–Trinajstić information content (AvgIpc) is 2.92. The predicted molar refractivity (Wildman–Crippen MR) is 81.1 cm³/mol. The van der Waals surface area contributed by atoms with Crippen molar-refractivity contribution in [2.24, 2.45) is 23.0 Å². The number of nitrogens with two attached hydrogens (primary N) is 1. The quantitative estimate of drug-likeness (QED) is 0.785. The lowest BCUT2D eigenvalue weighted by Gasteiger charge is -2.41. The van der Waals surface area contributed by atoms with E-state index < -0.39 is 0 Å². The van der Waals surface area contributed by atoms with Gasteiger partial charge in [0.1, 0.15) is 0 Å². The van der Waals surface area contributed by atoms with E-state index in [1.54, 1.807) is 0 Å². The van der Waals surface area contributed by atoms with Crippen molar-refractivity contribution >= 4 is 0 Å². The first-order chi connectivity index (χ1) is 9.15. The first-order valence-electron chi connectivity index (χ1n) is 8.47. The molecule has 0 spiro atoms. The van der Waals surface area contributed by atoms with Crippen LogP contribution in [0.2, 0.25) is 0 Å². The highest BCUT2D eigenvalue weighted by atomic mass is 16.5. The minimum atomic E-state index is 0.462. The highest BCUT2D eigenvalue weighted by Crippen LogP contribution is 2.44. The van der Waals surface area contributed by atoms with Crippen LogP contribution in [0, 0.1) is 17.3 Å². The molecular formula is C17H33NO. The van der Waals surface area contributed by atoms with Crippen molar-refractivity contribution in [3.05, 3.63) is 0 Å². The van der Waals surface area contributed by atoms with Gasteiger partial charge in [-0.05, 0) is 75.2 Å². The van der Waals surface area contributed by atoms with Gasteiger partial charge in [-0.15, -0.1) is 0 Å². The van der Waals surface area contributed by atoms with Crippen molar-refractivity contribution in [1.29, 1.82) is 0 Å². The molecule has 1 aliphatic carbocycles. The molecule has 0 radical (unpaired) electrons. The van der Waals surface area contributed by atoms with Crippen LogP contribution in [0.3, 0.4) is 0 Å². The minimum Gasteiger partial charge on any atom is -0.378 e. The van der Waals surface area contributed by atoms with E-state index in [2.05, 4.69) is 13.8 Å². The van der Waals surface area contributed by atoms with Gasteiger partial charge in [0.25, 0.3) is 0 Å². The van der Waals surface area contributed by atoms with Gasteiger partial charge in [0.15, 0.2) is 0 Å². The van der Waals surface area contributed by atoms with Crippen molar-refractivity contribution in [3.63, 3.8) is 0 Å². The van der Waals surface area contributed by atoms with E-state index in [-0.39, 0.29) is 0 Å². The molecule has 1 saturated carbocycles. The van der Waals surface area contributed by atoms with Crippen LogP contribution in [0.25, 0.3) is 0 Å². The molecule has 0 aromatic heterocycles. The van der Waals surface area contributed by atoms with Gasteiger partial charge >= 0.3 is 0 Å². The Labute approximate surface area is 119 Å². The van der Waals surface area contributed by atoms with Gasteiger partial charge in [-0.3, -0.25) is 0 Å². The second-order valence-corrected chi connectivity index (χ2v) is 7.31. The minimum absolute atomic E-state index is 0.462. The number of hydrogen-bond donors (Lipinski definition) is 1. The molecule has 2 aliphatic rings. The highest BCUT2D eigenvalue weighted by Gasteiger charge is 2.34. The highest BCUT2D eigenvalue weighted by molar-refractivity contribution is 4.87. The maximum absolute atomic E-state index is 6.12. The lowest BCUT2D eigenvalue weighted by molar-refractivity contribution is 0.0859. The molecule has 112 valence electrons. The van der Waals surface area contributed by atoms with Gasteiger partial charge in [0, 0.05) is 6.61 Å². The summed E-state index contributed by atoms with van der Waals surface area (Å²) in [5.41, 5.74) is 6.59. The summed E-state index contributed by atoms with van der Waals surface area (Å²) in [6, 6.07) is 0. The van der Waals surface area contributed by atoms with Crippen LogP contribution < -0.4 is 5.73 Å². The van der Waals surface area contributed by atoms with Crippen molar-refractivity contribution < 1.29 is 4.74 Å². The smallest absolute Gasteiger partial charge is 0.0576 e. The van der Waals surface area contributed by atoms with Crippen LogP contribution in [0.15, 0.2) is 0 Å². The fourth-order valence-electron chi connectivity index (χ4n) is 4.05. The molecule has 0 bridgehead atoms. The third-order valence-electron chi connectivity index (χ3n) is 5.72. The summed E-state index contributed by atoms with van der Waals surface area (Å²) in [6.45, 7) is 6.63. The summed E-state index contributed by atoms with van der Waals surface area (Å²) in [4.78, 5) is 0. The molecule has 1 atom stereocenters. The van der Waals surface area contributed by atoms with Gasteiger partial charge in [-0.1, -0.05) is 20.3 Å². The Kier molecular flexibility index (Phi) is 5.70. The van der Waals surface area contributed by atoms with Crippen LogP contribution in [0.1, 0.15) is 71.6 Å². The Hall–Kier alpha value is -0.0800. The van der Waals surface area contributed by atoms with Crippen LogP contribution >= 0.6 is 0 Å². The maximum Gasteiger partial charge on any atom is 0.0576 e. The standard InChI is InChI=1S/C17H33NO/c1-14(2)15-7-10-17(13-18,11-8-15)9-3-5-16-6-4-12-19-16/h14-16H,3-13,18H2,1-2H3. The molecule has 0 aromatic carbocycles. The lowest BCUT2D eigenvalue weighted by Crippen LogP contribution is -2.36. The molecule has 2 fully saturated rings. The second kappa shape index (κ2) is 7.08. The zero-order chi connectivity index (χ0) is 13.7. The topological polar surface area (TPSA) is 35.2 Å². The van der Waals surface area contributed by atoms with E-state index in [1.807, 2.05) is 0 Å². The predicted octanol–water partition coefficient (Wildman–Crippen LogP) is 4.13. The maximum atomic E-state index is 6.12. The van der Waals surface area contributed by atoms with Gasteiger partial charge in [-0.2, -0.15) is 0 Å². The van der Waals surface area contributed by atoms with Crippen LogP contribution in [-0.4, -0.2) is 19.3 Å². The van der Waals surface area contributed by atoms with Crippen molar-refractivity contribution in [2.75, 3.05) is 13.2 Å². The molecule has 1 heterocycles. The summed E-state index contributed by atoms with van der Waals surface area (Å²) in [5, 5.41) is 0. The molecule has 0 amide bonds. The normalized spacial score (nSPS) is 36.0. The molecule has 19 heavy (non-hydrogen) atoms. The molecule has 2 heteroatoms. The monoisotopic (exact) mass is 267 g/mol. The Morgan fingerprint density at radius 1 is 1.21 bits per heavy atom. The van der Waals surface area contributed by atoms with Crippen LogP contribution in [0.4, 0.5) is 0 Å². The molecule has 2 N–H and O–H groups in total. The van der Waals surface area contributed by atoms with E-state index in [4.69, 9.17) is 10.5 Å². The van der Waals surface area contributed by atoms with Crippen molar-refractivity contribution in [1.82, 2.24) is 0 Å². The van der Waals surface area contributed by atoms with E-state index in [9.17, 15) is 0 Å². The summed E-state index contributed by atoms with van der Waals surface area (Å²) < 4.78 is 5.73. The van der Waals surface area contributed by atoms with Gasteiger partial charge in [0.05, 0.1) is 6.10 Å². The van der Waals surface area contributed by atoms with Gasteiger partial charge in [-0.25, -0.2) is 0 Å². The lowest BCUT2D eigenvalue weighted by atomic mass is 9.66. The average molecular weight is 267 g/mol. The Balaban J connectivity index is 1.72. The van der Waals surface area contributed by atoms with Crippen LogP contribution in [-0.2, 0) is 4.74 Å². The third kappa shape index (κ3) is 4.19. The van der Waals surface area contributed by atoms with E-state index in [0.29, 0.717) is 11.5 Å². The van der Waals surface area contributed by atoms with Crippen LogP contribution in [0.5, 0.6) is 0 Å². The third-order valence-corrected chi connectivity index (χ3v) is 5.72. The van der Waals surface area contributed by atoms with Crippen molar-refractivity contribution in [3.8, 4) is 0 Å². The Morgan fingerprint density at radius 2 is 1.95 bits per heavy atom. The van der Waals surface area contributed by atoms with E-state index >= 15 is 0 Å². The molecule has 0 aromatic rings. The zero-order valence-corrected chi connectivity index (χ0v) is 13.0. The molecule has 1 saturated heterocycles.